The number of carbonyl (C=O) groups is 1. The zero-order valence-electron chi connectivity index (χ0n) is 14.0. The van der Waals surface area contributed by atoms with E-state index in [1.54, 1.807) is 16.9 Å². The fourth-order valence-electron chi connectivity index (χ4n) is 2.53. The van der Waals surface area contributed by atoms with Crippen LogP contribution in [0.4, 0.5) is 17.6 Å². The minimum absolute atomic E-state index is 0.212. The van der Waals surface area contributed by atoms with Crippen molar-refractivity contribution in [3.63, 3.8) is 0 Å². The van der Waals surface area contributed by atoms with E-state index in [9.17, 15) is 22.4 Å². The highest BCUT2D eigenvalue weighted by Crippen LogP contribution is 2.28. The van der Waals surface area contributed by atoms with Crippen LogP contribution in [-0.2, 0) is 17.9 Å². The Morgan fingerprint density at radius 3 is 2.52 bits per heavy atom. The second-order valence-electron chi connectivity index (χ2n) is 5.55. The van der Waals surface area contributed by atoms with E-state index in [-0.39, 0.29) is 6.54 Å². The number of aryl methyl sites for hydroxylation is 1. The SMILES string of the molecule is CCn1nccc1CN(C)C(=O)C(C)n1nc(C(F)F)cc1C(F)F. The van der Waals surface area contributed by atoms with Crippen LogP contribution < -0.4 is 0 Å². The van der Waals surface area contributed by atoms with Gasteiger partial charge in [0.2, 0.25) is 5.91 Å². The molecule has 138 valence electrons. The van der Waals surface area contributed by atoms with Crippen molar-refractivity contribution in [2.24, 2.45) is 0 Å². The lowest BCUT2D eigenvalue weighted by molar-refractivity contribution is -0.134. The van der Waals surface area contributed by atoms with Crippen molar-refractivity contribution < 1.29 is 22.4 Å². The Bertz CT molecular complexity index is 727. The van der Waals surface area contributed by atoms with Gasteiger partial charge in [0.25, 0.3) is 12.9 Å². The van der Waals surface area contributed by atoms with Crippen molar-refractivity contribution in [3.05, 3.63) is 35.4 Å². The highest BCUT2D eigenvalue weighted by molar-refractivity contribution is 5.79. The van der Waals surface area contributed by atoms with Gasteiger partial charge < -0.3 is 4.90 Å². The molecule has 1 amide bonds. The zero-order chi connectivity index (χ0) is 18.7. The minimum atomic E-state index is -3.01. The third-order valence-electron chi connectivity index (χ3n) is 3.83. The van der Waals surface area contributed by atoms with Crippen molar-refractivity contribution in [2.45, 2.75) is 45.8 Å². The molecule has 0 fully saturated rings. The summed E-state index contributed by atoms with van der Waals surface area (Å²) in [5.41, 5.74) is -0.710. The molecule has 10 heteroatoms. The number of amides is 1. The predicted octanol–water partition coefficient (Wildman–Crippen LogP) is 3.19. The van der Waals surface area contributed by atoms with Gasteiger partial charge in [-0.05, 0) is 26.0 Å². The molecule has 0 aliphatic rings. The number of hydrogen-bond acceptors (Lipinski definition) is 3. The first-order chi connectivity index (χ1) is 11.8. The first kappa shape index (κ1) is 18.9. The summed E-state index contributed by atoms with van der Waals surface area (Å²) in [4.78, 5) is 13.9. The predicted molar refractivity (Wildman–Crippen MR) is 81.2 cm³/mol. The van der Waals surface area contributed by atoms with Crippen molar-refractivity contribution in [3.8, 4) is 0 Å². The molecule has 2 aromatic rings. The summed E-state index contributed by atoms with van der Waals surface area (Å²) in [5, 5.41) is 7.58. The molecular weight excluding hydrogens is 342 g/mol. The third kappa shape index (κ3) is 3.99. The van der Waals surface area contributed by atoms with Gasteiger partial charge in [0.05, 0.1) is 12.2 Å². The molecule has 0 aromatic carbocycles. The molecule has 2 aromatic heterocycles. The van der Waals surface area contributed by atoms with Gasteiger partial charge in [0, 0.05) is 19.8 Å². The van der Waals surface area contributed by atoms with Gasteiger partial charge in [-0.15, -0.1) is 0 Å². The molecule has 0 aliphatic heterocycles. The zero-order valence-corrected chi connectivity index (χ0v) is 14.0. The average molecular weight is 361 g/mol. The molecule has 0 N–H and O–H groups in total. The molecule has 0 aliphatic carbocycles. The summed E-state index contributed by atoms with van der Waals surface area (Å²) in [6, 6.07) is 1.23. The largest absolute Gasteiger partial charge is 0.338 e. The van der Waals surface area contributed by atoms with E-state index < -0.39 is 36.2 Å². The van der Waals surface area contributed by atoms with E-state index >= 15 is 0 Å². The Morgan fingerprint density at radius 1 is 1.28 bits per heavy atom. The fourth-order valence-corrected chi connectivity index (χ4v) is 2.53. The molecule has 0 radical (unpaired) electrons. The quantitative estimate of drug-likeness (QED) is 0.712. The number of halogens is 4. The van der Waals surface area contributed by atoms with Gasteiger partial charge in [-0.1, -0.05) is 0 Å². The van der Waals surface area contributed by atoms with Crippen LogP contribution in [0, 0.1) is 0 Å². The summed E-state index contributed by atoms with van der Waals surface area (Å²) < 4.78 is 54.1. The van der Waals surface area contributed by atoms with Crippen molar-refractivity contribution >= 4 is 5.91 Å². The smallest absolute Gasteiger partial charge is 0.282 e. The monoisotopic (exact) mass is 361 g/mol. The maximum absolute atomic E-state index is 13.1. The van der Waals surface area contributed by atoms with Gasteiger partial charge in [-0.2, -0.15) is 10.2 Å². The van der Waals surface area contributed by atoms with E-state index in [0.717, 1.165) is 5.69 Å². The molecule has 0 spiro atoms. The second-order valence-corrected chi connectivity index (χ2v) is 5.55. The number of aromatic nitrogens is 4. The van der Waals surface area contributed by atoms with Crippen molar-refractivity contribution in [2.75, 3.05) is 7.05 Å². The van der Waals surface area contributed by atoms with Crippen LogP contribution in [0.2, 0.25) is 0 Å². The number of hydrogen-bond donors (Lipinski definition) is 0. The Hall–Kier alpha value is -2.39. The van der Waals surface area contributed by atoms with Gasteiger partial charge in [0.15, 0.2) is 0 Å². The Balaban J connectivity index is 2.21. The van der Waals surface area contributed by atoms with Crippen molar-refractivity contribution in [1.82, 2.24) is 24.5 Å². The maximum atomic E-state index is 13.1. The molecule has 0 bridgehead atoms. The van der Waals surface area contributed by atoms with Gasteiger partial charge in [0.1, 0.15) is 17.4 Å². The fraction of sp³-hybridized carbons (Fsp3) is 0.533. The standard InChI is InChI=1S/C15H19F4N5O/c1-4-23-10(5-6-20-23)8-22(3)15(25)9(2)24-12(14(18)19)7-11(21-24)13(16)17/h5-7,9,13-14H,4,8H2,1-3H3. The van der Waals surface area contributed by atoms with E-state index in [0.29, 0.717) is 17.3 Å². The highest BCUT2D eigenvalue weighted by Gasteiger charge is 2.28. The van der Waals surface area contributed by atoms with Crippen LogP contribution in [0.15, 0.2) is 18.3 Å². The molecule has 6 nitrogen and oxygen atoms in total. The first-order valence-corrected chi connectivity index (χ1v) is 7.67. The van der Waals surface area contributed by atoms with E-state index in [2.05, 4.69) is 10.2 Å². The lowest BCUT2D eigenvalue weighted by Gasteiger charge is -2.23. The molecule has 25 heavy (non-hydrogen) atoms. The minimum Gasteiger partial charge on any atom is -0.338 e. The number of rotatable bonds is 7. The molecule has 0 saturated heterocycles. The second kappa shape index (κ2) is 7.66. The summed E-state index contributed by atoms with van der Waals surface area (Å²) in [6.45, 7) is 4.08. The van der Waals surface area contributed by atoms with Gasteiger partial charge in [-0.25, -0.2) is 17.6 Å². The van der Waals surface area contributed by atoms with Crippen LogP contribution in [-0.4, -0.2) is 37.4 Å². The summed E-state index contributed by atoms with van der Waals surface area (Å²) in [6.07, 6.45) is -4.41. The summed E-state index contributed by atoms with van der Waals surface area (Å²) in [7, 11) is 1.51. The molecule has 0 saturated carbocycles. The molecule has 2 rings (SSSR count). The molecule has 2 heterocycles. The average Bonchev–Trinajstić information content (AvgIpc) is 3.19. The Kier molecular flexibility index (Phi) is 5.81. The molecule has 1 atom stereocenters. The van der Waals surface area contributed by atoms with Gasteiger partial charge >= 0.3 is 0 Å². The summed E-state index contributed by atoms with van der Waals surface area (Å²) in [5.74, 6) is -0.519. The maximum Gasteiger partial charge on any atom is 0.282 e. The van der Waals surface area contributed by atoms with Gasteiger partial charge in [-0.3, -0.25) is 14.2 Å². The van der Waals surface area contributed by atoms with Crippen molar-refractivity contribution in [1.29, 1.82) is 0 Å². The number of alkyl halides is 4. The lowest BCUT2D eigenvalue weighted by atomic mass is 10.2. The first-order valence-electron chi connectivity index (χ1n) is 7.67. The number of carbonyl (C=O) groups excluding carboxylic acids is 1. The molecular formula is C15H19F4N5O. The Morgan fingerprint density at radius 2 is 1.96 bits per heavy atom. The highest BCUT2D eigenvalue weighted by atomic mass is 19.3. The van der Waals surface area contributed by atoms with Crippen LogP contribution in [0.3, 0.4) is 0 Å². The number of nitrogens with zero attached hydrogens (tertiary/aromatic N) is 5. The van der Waals surface area contributed by atoms with E-state index in [1.165, 1.54) is 18.9 Å². The molecule has 1 unspecified atom stereocenters. The van der Waals surface area contributed by atoms with Crippen LogP contribution >= 0.6 is 0 Å². The Labute approximate surface area is 142 Å². The lowest BCUT2D eigenvalue weighted by Crippen LogP contribution is -2.34. The topological polar surface area (TPSA) is 56.0 Å². The number of likely N-dealkylation sites (N-methyl/N-ethyl adjacent to an activating group) is 1. The van der Waals surface area contributed by atoms with E-state index in [4.69, 9.17) is 0 Å². The van der Waals surface area contributed by atoms with Crippen LogP contribution in [0.1, 0.15) is 49.8 Å². The third-order valence-corrected chi connectivity index (χ3v) is 3.83. The van der Waals surface area contributed by atoms with E-state index in [1.807, 2.05) is 6.92 Å². The van der Waals surface area contributed by atoms with Crippen LogP contribution in [0.5, 0.6) is 0 Å². The normalized spacial score (nSPS) is 12.8. The van der Waals surface area contributed by atoms with Crippen LogP contribution in [0.25, 0.3) is 0 Å². The summed E-state index contributed by atoms with van der Waals surface area (Å²) >= 11 is 0.